The zero-order valence-corrected chi connectivity index (χ0v) is 13.1. The van der Waals surface area contributed by atoms with E-state index in [2.05, 4.69) is 10.6 Å². The van der Waals surface area contributed by atoms with E-state index < -0.39 is 35.8 Å². The van der Waals surface area contributed by atoms with Crippen molar-refractivity contribution in [2.75, 3.05) is 6.54 Å². The van der Waals surface area contributed by atoms with Gasteiger partial charge in [0.15, 0.2) is 0 Å². The van der Waals surface area contributed by atoms with Crippen molar-refractivity contribution in [3.63, 3.8) is 0 Å². The normalized spacial score (nSPS) is 11.3. The van der Waals surface area contributed by atoms with E-state index in [0.717, 1.165) is 0 Å². The van der Waals surface area contributed by atoms with E-state index in [4.69, 9.17) is 15.3 Å². The Kier molecular flexibility index (Phi) is 10.5. The summed E-state index contributed by atoms with van der Waals surface area (Å²) in [5.41, 5.74) is 0. The maximum atomic E-state index is 11.4. The highest BCUT2D eigenvalue weighted by Gasteiger charge is 2.19. The lowest BCUT2D eigenvalue weighted by atomic mass is 10.1. The molecule has 0 heterocycles. The van der Waals surface area contributed by atoms with Crippen molar-refractivity contribution in [3.8, 4) is 0 Å². The lowest BCUT2D eigenvalue weighted by Crippen LogP contribution is -2.40. The lowest BCUT2D eigenvalue weighted by molar-refractivity contribution is -0.142. The third kappa shape index (κ3) is 12.0. The van der Waals surface area contributed by atoms with Crippen LogP contribution in [0.4, 0.5) is 0 Å². The number of rotatable bonds is 13. The molecular weight excluding hydrogens is 324 g/mol. The number of carboxylic acid groups (broad SMARTS) is 3. The molecule has 0 saturated carbocycles. The highest BCUT2D eigenvalue weighted by atomic mass is 16.4. The van der Waals surface area contributed by atoms with Crippen LogP contribution < -0.4 is 10.6 Å². The Labute approximate surface area is 138 Å². The molecule has 0 aliphatic carbocycles. The fourth-order valence-electron chi connectivity index (χ4n) is 1.75. The zero-order chi connectivity index (χ0) is 18.5. The van der Waals surface area contributed by atoms with Crippen LogP contribution in [-0.2, 0) is 24.0 Å². The molecule has 0 aromatic heterocycles. The Morgan fingerprint density at radius 3 is 1.79 bits per heavy atom. The summed E-state index contributed by atoms with van der Waals surface area (Å²) in [6.45, 7) is 0.276. The SMILES string of the molecule is O=C(O)CCC(=O)NCCCCC(NC(=O)CCC(=O)O)C(=O)O. The summed E-state index contributed by atoms with van der Waals surface area (Å²) >= 11 is 0. The van der Waals surface area contributed by atoms with Crippen LogP contribution in [0.2, 0.25) is 0 Å². The van der Waals surface area contributed by atoms with Crippen molar-refractivity contribution in [3.05, 3.63) is 0 Å². The van der Waals surface area contributed by atoms with Gasteiger partial charge in [0.1, 0.15) is 6.04 Å². The molecule has 0 aliphatic heterocycles. The first-order valence-corrected chi connectivity index (χ1v) is 7.44. The lowest BCUT2D eigenvalue weighted by Gasteiger charge is -2.14. The maximum Gasteiger partial charge on any atom is 0.326 e. The molecule has 5 N–H and O–H groups in total. The van der Waals surface area contributed by atoms with E-state index in [0.29, 0.717) is 12.8 Å². The molecule has 10 nitrogen and oxygen atoms in total. The molecule has 0 aliphatic rings. The van der Waals surface area contributed by atoms with Crippen molar-refractivity contribution in [1.82, 2.24) is 10.6 Å². The Morgan fingerprint density at radius 1 is 0.750 bits per heavy atom. The van der Waals surface area contributed by atoms with Gasteiger partial charge in [0.05, 0.1) is 12.8 Å². The summed E-state index contributed by atoms with van der Waals surface area (Å²) in [5, 5.41) is 30.7. The van der Waals surface area contributed by atoms with Gasteiger partial charge < -0.3 is 26.0 Å². The Morgan fingerprint density at radius 2 is 1.29 bits per heavy atom. The molecule has 0 fully saturated rings. The molecule has 1 atom stereocenters. The number of carboxylic acids is 3. The summed E-state index contributed by atoms with van der Waals surface area (Å²) in [6.07, 6.45) is -0.0244. The number of nitrogens with one attached hydrogen (secondary N) is 2. The van der Waals surface area contributed by atoms with Crippen molar-refractivity contribution in [2.24, 2.45) is 0 Å². The minimum atomic E-state index is -1.22. The first-order valence-electron chi connectivity index (χ1n) is 7.44. The number of hydrogen-bond donors (Lipinski definition) is 5. The summed E-state index contributed by atoms with van der Waals surface area (Å²) in [4.78, 5) is 54.3. The van der Waals surface area contributed by atoms with Gasteiger partial charge >= 0.3 is 17.9 Å². The average molecular weight is 346 g/mol. The molecule has 136 valence electrons. The molecule has 0 aromatic carbocycles. The van der Waals surface area contributed by atoms with Crippen molar-refractivity contribution in [1.29, 1.82) is 0 Å². The van der Waals surface area contributed by atoms with Gasteiger partial charge in [-0.1, -0.05) is 0 Å². The van der Waals surface area contributed by atoms with Crippen molar-refractivity contribution < 1.29 is 39.3 Å². The number of carbonyl (C=O) groups excluding carboxylic acids is 2. The van der Waals surface area contributed by atoms with Gasteiger partial charge in [-0.2, -0.15) is 0 Å². The van der Waals surface area contributed by atoms with Crippen LogP contribution in [0, 0.1) is 0 Å². The van der Waals surface area contributed by atoms with E-state index in [-0.39, 0.29) is 38.6 Å². The average Bonchev–Trinajstić information content (AvgIpc) is 2.49. The summed E-state index contributed by atoms with van der Waals surface area (Å²) in [6, 6.07) is -1.12. The number of hydrogen-bond acceptors (Lipinski definition) is 5. The maximum absolute atomic E-state index is 11.4. The highest BCUT2D eigenvalue weighted by Crippen LogP contribution is 2.02. The van der Waals surface area contributed by atoms with Gasteiger partial charge in [0.25, 0.3) is 0 Å². The van der Waals surface area contributed by atoms with Gasteiger partial charge in [-0.25, -0.2) is 4.79 Å². The van der Waals surface area contributed by atoms with Gasteiger partial charge in [-0.15, -0.1) is 0 Å². The Balaban J connectivity index is 3.95. The molecule has 0 rings (SSSR count). The standard InChI is InChI=1S/C14H22N2O8/c17-10(4-6-12(19)20)15-8-2-1-3-9(14(23)24)16-11(18)5-7-13(21)22/h9H,1-8H2,(H,15,17)(H,16,18)(H,19,20)(H,21,22)(H,23,24). The predicted molar refractivity (Wildman–Crippen MR) is 80.2 cm³/mol. The molecule has 0 radical (unpaired) electrons. The number of unbranched alkanes of at least 4 members (excludes halogenated alkanes) is 1. The van der Waals surface area contributed by atoms with Crippen LogP contribution in [0.15, 0.2) is 0 Å². The highest BCUT2D eigenvalue weighted by molar-refractivity contribution is 5.85. The first-order chi connectivity index (χ1) is 11.2. The van der Waals surface area contributed by atoms with Gasteiger partial charge in [-0.05, 0) is 19.3 Å². The summed E-state index contributed by atoms with van der Waals surface area (Å²) in [7, 11) is 0. The van der Waals surface area contributed by atoms with Crippen LogP contribution >= 0.6 is 0 Å². The van der Waals surface area contributed by atoms with Crippen LogP contribution in [0.25, 0.3) is 0 Å². The third-order valence-electron chi connectivity index (χ3n) is 3.01. The minimum absolute atomic E-state index is 0.118. The van der Waals surface area contributed by atoms with Crippen LogP contribution in [0.5, 0.6) is 0 Å². The van der Waals surface area contributed by atoms with E-state index >= 15 is 0 Å². The molecule has 10 heteroatoms. The minimum Gasteiger partial charge on any atom is -0.481 e. The summed E-state index contributed by atoms with van der Waals surface area (Å²) < 4.78 is 0. The first kappa shape index (κ1) is 21.4. The van der Waals surface area contributed by atoms with Crippen molar-refractivity contribution in [2.45, 2.75) is 51.0 Å². The second-order valence-corrected chi connectivity index (χ2v) is 5.09. The topological polar surface area (TPSA) is 170 Å². The predicted octanol–water partition coefficient (Wildman–Crippen LogP) is -0.428. The van der Waals surface area contributed by atoms with E-state index in [1.807, 2.05) is 0 Å². The fourth-order valence-corrected chi connectivity index (χ4v) is 1.75. The smallest absolute Gasteiger partial charge is 0.326 e. The van der Waals surface area contributed by atoms with Gasteiger partial charge in [0, 0.05) is 19.4 Å². The van der Waals surface area contributed by atoms with Crippen molar-refractivity contribution >= 4 is 29.7 Å². The Bertz CT molecular complexity index is 477. The third-order valence-corrected chi connectivity index (χ3v) is 3.01. The molecular formula is C14H22N2O8. The zero-order valence-electron chi connectivity index (χ0n) is 13.1. The van der Waals surface area contributed by atoms with E-state index in [1.54, 1.807) is 0 Å². The monoisotopic (exact) mass is 346 g/mol. The number of carbonyl (C=O) groups is 5. The fraction of sp³-hybridized carbons (Fsp3) is 0.643. The molecule has 24 heavy (non-hydrogen) atoms. The summed E-state index contributed by atoms with van der Waals surface area (Å²) in [5.74, 6) is -4.46. The van der Waals surface area contributed by atoms with Crippen LogP contribution in [0.3, 0.4) is 0 Å². The largest absolute Gasteiger partial charge is 0.481 e. The molecule has 0 aromatic rings. The second kappa shape index (κ2) is 11.9. The van der Waals surface area contributed by atoms with Crippen LogP contribution in [0.1, 0.15) is 44.9 Å². The molecule has 2 amide bonds. The van der Waals surface area contributed by atoms with Gasteiger partial charge in [-0.3, -0.25) is 19.2 Å². The number of aliphatic carboxylic acids is 3. The molecule has 1 unspecified atom stereocenters. The number of amides is 2. The molecule has 0 spiro atoms. The second-order valence-electron chi connectivity index (χ2n) is 5.09. The van der Waals surface area contributed by atoms with E-state index in [9.17, 15) is 24.0 Å². The van der Waals surface area contributed by atoms with E-state index in [1.165, 1.54) is 0 Å². The Hall–Kier alpha value is -2.65. The quantitative estimate of drug-likeness (QED) is 0.280. The molecule has 0 saturated heterocycles. The van der Waals surface area contributed by atoms with Crippen LogP contribution in [-0.4, -0.2) is 57.6 Å². The molecule has 0 bridgehead atoms. The van der Waals surface area contributed by atoms with Gasteiger partial charge in [0.2, 0.25) is 11.8 Å².